The minimum absolute atomic E-state index is 1.13. The molecule has 0 spiro atoms. The van der Waals surface area contributed by atoms with Crippen molar-refractivity contribution < 1.29 is 0 Å². The minimum atomic E-state index is 1.13. The standard InChI is InChI=1S/C18H32/c1-3-9-15(10-4-1)17-13-7-8-14-18(17)16-11-5-2-6-12-16/h15-18H,1-14H2/t17-,18+. The summed E-state index contributed by atoms with van der Waals surface area (Å²) in [5, 5.41) is 0. The molecule has 0 saturated heterocycles. The summed E-state index contributed by atoms with van der Waals surface area (Å²) in [7, 11) is 0. The van der Waals surface area contributed by atoms with E-state index in [9.17, 15) is 0 Å². The molecule has 0 N–H and O–H groups in total. The minimum Gasteiger partial charge on any atom is -0.0533 e. The Morgan fingerprint density at radius 1 is 0.333 bits per heavy atom. The fourth-order valence-corrected chi connectivity index (χ4v) is 5.48. The maximum absolute atomic E-state index is 1.59. The molecule has 0 aromatic heterocycles. The lowest BCUT2D eigenvalue weighted by Crippen LogP contribution is -2.34. The fraction of sp³-hybridized carbons (Fsp3) is 1.00. The molecule has 0 heteroatoms. The van der Waals surface area contributed by atoms with Crippen LogP contribution in [0.3, 0.4) is 0 Å². The van der Waals surface area contributed by atoms with Gasteiger partial charge in [-0.1, -0.05) is 77.0 Å². The number of rotatable bonds is 2. The van der Waals surface area contributed by atoms with Crippen LogP contribution in [0.25, 0.3) is 0 Å². The monoisotopic (exact) mass is 248 g/mol. The summed E-state index contributed by atoms with van der Waals surface area (Å²) in [5.74, 6) is 4.54. The van der Waals surface area contributed by atoms with Crippen LogP contribution in [0.4, 0.5) is 0 Å². The van der Waals surface area contributed by atoms with Crippen LogP contribution in [0.15, 0.2) is 0 Å². The van der Waals surface area contributed by atoms with Gasteiger partial charge in [0.15, 0.2) is 0 Å². The van der Waals surface area contributed by atoms with Crippen LogP contribution in [0, 0.1) is 23.7 Å². The maximum atomic E-state index is 1.59. The van der Waals surface area contributed by atoms with E-state index in [-0.39, 0.29) is 0 Å². The second-order valence-electron chi connectivity index (χ2n) is 7.41. The Balaban J connectivity index is 1.64. The summed E-state index contributed by atoms with van der Waals surface area (Å²) in [5.41, 5.74) is 0. The third-order valence-electron chi connectivity index (χ3n) is 6.39. The van der Waals surface area contributed by atoms with Gasteiger partial charge in [-0.25, -0.2) is 0 Å². The Morgan fingerprint density at radius 3 is 1.06 bits per heavy atom. The van der Waals surface area contributed by atoms with E-state index in [4.69, 9.17) is 0 Å². The Morgan fingerprint density at radius 2 is 0.667 bits per heavy atom. The third kappa shape index (κ3) is 2.94. The summed E-state index contributed by atoms with van der Waals surface area (Å²) in [6, 6.07) is 0. The van der Waals surface area contributed by atoms with Crippen LogP contribution < -0.4 is 0 Å². The van der Waals surface area contributed by atoms with Gasteiger partial charge in [-0.05, 0) is 36.5 Å². The van der Waals surface area contributed by atoms with Crippen LogP contribution in [0.5, 0.6) is 0 Å². The predicted molar refractivity (Wildman–Crippen MR) is 78.6 cm³/mol. The average Bonchev–Trinajstić information content (AvgIpc) is 2.49. The molecule has 0 radical (unpaired) electrons. The van der Waals surface area contributed by atoms with Gasteiger partial charge in [-0.2, -0.15) is 0 Å². The summed E-state index contributed by atoms with van der Waals surface area (Å²) >= 11 is 0. The highest BCUT2D eigenvalue weighted by molar-refractivity contribution is 4.87. The highest BCUT2D eigenvalue weighted by atomic mass is 14.4. The van der Waals surface area contributed by atoms with Gasteiger partial charge in [0.05, 0.1) is 0 Å². The molecule has 0 unspecified atom stereocenters. The van der Waals surface area contributed by atoms with E-state index in [1.54, 1.807) is 77.0 Å². The second kappa shape index (κ2) is 6.44. The van der Waals surface area contributed by atoms with Gasteiger partial charge in [0.1, 0.15) is 0 Å². The Labute approximate surface area is 114 Å². The molecule has 0 amide bonds. The first kappa shape index (κ1) is 13.0. The SMILES string of the molecule is C1CCC([C@H]2CCCC[C@H]2C2CCCCC2)CC1. The molecular weight excluding hydrogens is 216 g/mol. The molecule has 3 saturated carbocycles. The molecule has 2 atom stereocenters. The summed E-state index contributed by atoms with van der Waals surface area (Å²) in [6.45, 7) is 0. The molecule has 18 heavy (non-hydrogen) atoms. The first-order valence-corrected chi connectivity index (χ1v) is 8.95. The van der Waals surface area contributed by atoms with Crippen molar-refractivity contribution in [1.82, 2.24) is 0 Å². The molecule has 3 aliphatic rings. The lowest BCUT2D eigenvalue weighted by molar-refractivity contribution is 0.0687. The maximum Gasteiger partial charge on any atom is -0.0355 e. The molecule has 3 fully saturated rings. The quantitative estimate of drug-likeness (QED) is 0.566. The highest BCUT2D eigenvalue weighted by Gasteiger charge is 2.36. The van der Waals surface area contributed by atoms with E-state index in [0.717, 1.165) is 23.7 Å². The fourth-order valence-electron chi connectivity index (χ4n) is 5.48. The number of hydrogen-bond acceptors (Lipinski definition) is 0. The number of hydrogen-bond donors (Lipinski definition) is 0. The topological polar surface area (TPSA) is 0 Å². The molecule has 0 aromatic rings. The Hall–Kier alpha value is 0. The van der Waals surface area contributed by atoms with Gasteiger partial charge in [-0.15, -0.1) is 0 Å². The molecule has 0 aliphatic heterocycles. The van der Waals surface area contributed by atoms with E-state index < -0.39 is 0 Å². The van der Waals surface area contributed by atoms with Gasteiger partial charge in [0, 0.05) is 0 Å². The molecule has 3 rings (SSSR count). The van der Waals surface area contributed by atoms with Crippen LogP contribution in [-0.4, -0.2) is 0 Å². The molecular formula is C18H32. The lowest BCUT2D eigenvalue weighted by atomic mass is 9.62. The third-order valence-corrected chi connectivity index (χ3v) is 6.39. The zero-order valence-corrected chi connectivity index (χ0v) is 12.2. The van der Waals surface area contributed by atoms with Gasteiger partial charge >= 0.3 is 0 Å². The van der Waals surface area contributed by atoms with Crippen molar-refractivity contribution in [2.45, 2.75) is 89.9 Å². The van der Waals surface area contributed by atoms with Crippen molar-refractivity contribution in [3.05, 3.63) is 0 Å². The smallest absolute Gasteiger partial charge is 0.0355 e. The van der Waals surface area contributed by atoms with Gasteiger partial charge in [-0.3, -0.25) is 0 Å². The molecule has 0 aromatic carbocycles. The van der Waals surface area contributed by atoms with Gasteiger partial charge < -0.3 is 0 Å². The van der Waals surface area contributed by atoms with Gasteiger partial charge in [0.25, 0.3) is 0 Å². The van der Waals surface area contributed by atoms with Crippen LogP contribution in [0.2, 0.25) is 0 Å². The van der Waals surface area contributed by atoms with E-state index in [2.05, 4.69) is 0 Å². The van der Waals surface area contributed by atoms with E-state index in [0.29, 0.717) is 0 Å². The zero-order chi connectivity index (χ0) is 12.2. The van der Waals surface area contributed by atoms with E-state index in [1.807, 2.05) is 0 Å². The first-order chi connectivity index (χ1) is 8.95. The van der Waals surface area contributed by atoms with E-state index >= 15 is 0 Å². The lowest BCUT2D eigenvalue weighted by Gasteiger charge is -2.44. The van der Waals surface area contributed by atoms with Crippen LogP contribution >= 0.6 is 0 Å². The predicted octanol–water partition coefficient (Wildman–Crippen LogP) is 5.95. The highest BCUT2D eigenvalue weighted by Crippen LogP contribution is 2.47. The van der Waals surface area contributed by atoms with Crippen molar-refractivity contribution in [3.63, 3.8) is 0 Å². The Kier molecular flexibility index (Phi) is 4.65. The van der Waals surface area contributed by atoms with Crippen molar-refractivity contribution in [2.75, 3.05) is 0 Å². The Bertz CT molecular complexity index is 206. The summed E-state index contributed by atoms with van der Waals surface area (Å²) in [4.78, 5) is 0. The van der Waals surface area contributed by atoms with Crippen molar-refractivity contribution in [1.29, 1.82) is 0 Å². The van der Waals surface area contributed by atoms with Crippen molar-refractivity contribution >= 4 is 0 Å². The normalized spacial score (nSPS) is 36.7. The molecule has 0 nitrogen and oxygen atoms in total. The van der Waals surface area contributed by atoms with Crippen molar-refractivity contribution in [3.8, 4) is 0 Å². The zero-order valence-electron chi connectivity index (χ0n) is 12.2. The molecule has 104 valence electrons. The molecule has 0 heterocycles. The molecule has 0 bridgehead atoms. The van der Waals surface area contributed by atoms with E-state index in [1.165, 1.54) is 12.8 Å². The largest absolute Gasteiger partial charge is 0.0533 e. The first-order valence-electron chi connectivity index (χ1n) is 8.95. The van der Waals surface area contributed by atoms with Crippen LogP contribution in [0.1, 0.15) is 89.9 Å². The molecule has 3 aliphatic carbocycles. The van der Waals surface area contributed by atoms with Crippen molar-refractivity contribution in [2.24, 2.45) is 23.7 Å². The second-order valence-corrected chi connectivity index (χ2v) is 7.41. The van der Waals surface area contributed by atoms with Gasteiger partial charge in [0.2, 0.25) is 0 Å². The summed E-state index contributed by atoms with van der Waals surface area (Å²) < 4.78 is 0. The average molecular weight is 248 g/mol. The summed E-state index contributed by atoms with van der Waals surface area (Å²) in [6.07, 6.45) is 21.8. The van der Waals surface area contributed by atoms with Crippen LogP contribution in [-0.2, 0) is 0 Å².